The highest BCUT2D eigenvalue weighted by atomic mass is 16.6. The number of nitrogens with one attached hydrogen (secondary N) is 3. The van der Waals surface area contributed by atoms with E-state index in [0.717, 1.165) is 25.7 Å². The zero-order chi connectivity index (χ0) is 29.1. The van der Waals surface area contributed by atoms with Gasteiger partial charge in [-0.3, -0.25) is 14.9 Å². The van der Waals surface area contributed by atoms with Gasteiger partial charge in [0.25, 0.3) is 0 Å². The Hall–Kier alpha value is -3.37. The lowest BCUT2D eigenvalue weighted by Crippen LogP contribution is -2.58. The van der Waals surface area contributed by atoms with E-state index in [-0.39, 0.29) is 23.9 Å². The molecule has 0 aromatic carbocycles. The number of alkyl carbamates (subject to hydrolysis) is 1. The molecule has 1 saturated carbocycles. The average molecular weight is 546 g/mol. The summed E-state index contributed by atoms with van der Waals surface area (Å²) >= 11 is 0. The summed E-state index contributed by atoms with van der Waals surface area (Å²) in [5, 5.41) is 8.14. The van der Waals surface area contributed by atoms with Crippen LogP contribution in [0.1, 0.15) is 79.7 Å². The smallest absolute Gasteiger partial charge is 0.413 e. The Kier molecular flexibility index (Phi) is 9.12. The lowest BCUT2D eigenvalue weighted by atomic mass is 9.72. The van der Waals surface area contributed by atoms with Crippen molar-refractivity contribution < 1.29 is 28.7 Å². The molecule has 3 rings (SSSR count). The largest absolute Gasteiger partial charge is 0.444 e. The van der Waals surface area contributed by atoms with Crippen LogP contribution in [-0.2, 0) is 19.1 Å². The van der Waals surface area contributed by atoms with Crippen LogP contribution in [-0.4, -0.2) is 63.7 Å². The van der Waals surface area contributed by atoms with Crippen LogP contribution in [0.2, 0.25) is 0 Å². The van der Waals surface area contributed by atoms with Crippen LogP contribution in [0, 0.1) is 18.8 Å². The number of ether oxygens (including phenoxy) is 2. The molecule has 11 heteroatoms. The van der Waals surface area contributed by atoms with Crippen molar-refractivity contribution in [3.05, 3.63) is 17.8 Å². The summed E-state index contributed by atoms with van der Waals surface area (Å²) in [5.74, 6) is -0.514. The summed E-state index contributed by atoms with van der Waals surface area (Å²) in [4.78, 5) is 56.3. The third-order valence-corrected chi connectivity index (χ3v) is 6.71. The van der Waals surface area contributed by atoms with Crippen LogP contribution < -0.4 is 16.0 Å². The van der Waals surface area contributed by atoms with Crippen LogP contribution >= 0.6 is 0 Å². The summed E-state index contributed by atoms with van der Waals surface area (Å²) in [5.41, 5.74) is -0.252. The number of likely N-dealkylation sites (tertiary alicyclic amines) is 1. The van der Waals surface area contributed by atoms with Crippen LogP contribution in [0.25, 0.3) is 0 Å². The second-order valence-corrected chi connectivity index (χ2v) is 12.8. The number of anilines is 2. The zero-order valence-electron chi connectivity index (χ0n) is 24.3. The molecule has 3 N–H and O–H groups in total. The molecule has 1 aliphatic carbocycles. The molecule has 0 spiro atoms. The number of carbonyl (C=O) groups is 4. The molecule has 2 heterocycles. The molecule has 2 fully saturated rings. The van der Waals surface area contributed by atoms with Gasteiger partial charge in [0.05, 0.1) is 11.9 Å². The van der Waals surface area contributed by atoms with E-state index in [0.29, 0.717) is 23.6 Å². The molecule has 39 heavy (non-hydrogen) atoms. The van der Waals surface area contributed by atoms with E-state index in [4.69, 9.17) is 9.47 Å². The Bertz CT molecular complexity index is 1090. The lowest BCUT2D eigenvalue weighted by molar-refractivity contribution is -0.148. The Labute approximate surface area is 230 Å². The fourth-order valence-corrected chi connectivity index (χ4v) is 4.95. The maximum absolute atomic E-state index is 13.3. The monoisotopic (exact) mass is 545 g/mol. The summed E-state index contributed by atoms with van der Waals surface area (Å²) < 4.78 is 10.6. The van der Waals surface area contributed by atoms with Gasteiger partial charge >= 0.3 is 24.0 Å². The van der Waals surface area contributed by atoms with Crippen molar-refractivity contribution in [3.8, 4) is 0 Å². The Morgan fingerprint density at radius 3 is 2.15 bits per heavy atom. The van der Waals surface area contributed by atoms with Gasteiger partial charge in [-0.1, -0.05) is 6.92 Å². The standard InChI is InChI=1S/C28H43N5O6/c1-16-9-10-21(18-12-19(13-18)31-25(36)38-27(3,4)5)33(15-16)24(35)23(34)30-20-11-17(2)22(29-14-20)32-26(37)39-28(6,7)8/h11,14,16,18-19,21H,9-10,12-13,15H2,1-8H3,(H,30,34)(H,31,36)(H,29,32,37)/t16-,18?,19?,21+/m0/s1. The molecule has 0 radical (unpaired) electrons. The predicted octanol–water partition coefficient (Wildman–Crippen LogP) is 4.61. The molecule has 2 aliphatic rings. The minimum Gasteiger partial charge on any atom is -0.444 e. The Morgan fingerprint density at radius 2 is 1.56 bits per heavy atom. The van der Waals surface area contributed by atoms with E-state index >= 15 is 0 Å². The maximum atomic E-state index is 13.3. The van der Waals surface area contributed by atoms with Crippen molar-refractivity contribution in [3.63, 3.8) is 0 Å². The molecule has 216 valence electrons. The SMILES string of the molecule is Cc1cc(NC(=O)C(=O)N2C[C@@H](C)CC[C@@H]2C2CC(NC(=O)OC(C)(C)C)C2)cnc1NC(=O)OC(C)(C)C. The number of hydrogen-bond donors (Lipinski definition) is 3. The van der Waals surface area contributed by atoms with Crippen LogP contribution in [0.4, 0.5) is 21.1 Å². The molecule has 1 aliphatic heterocycles. The number of carbonyl (C=O) groups excluding carboxylic acids is 4. The molecule has 0 bridgehead atoms. The fourth-order valence-electron chi connectivity index (χ4n) is 4.95. The molecule has 1 aromatic heterocycles. The van der Waals surface area contributed by atoms with Gasteiger partial charge < -0.3 is 25.0 Å². The van der Waals surface area contributed by atoms with E-state index in [9.17, 15) is 19.2 Å². The molecule has 11 nitrogen and oxygen atoms in total. The normalized spacial score (nSPS) is 23.2. The van der Waals surface area contributed by atoms with Crippen molar-refractivity contribution in [2.24, 2.45) is 11.8 Å². The molecular weight excluding hydrogens is 502 g/mol. The highest BCUT2D eigenvalue weighted by molar-refractivity contribution is 6.39. The third-order valence-electron chi connectivity index (χ3n) is 6.71. The van der Waals surface area contributed by atoms with Crippen molar-refractivity contribution >= 4 is 35.5 Å². The van der Waals surface area contributed by atoms with E-state index in [1.54, 1.807) is 38.7 Å². The van der Waals surface area contributed by atoms with E-state index in [1.807, 2.05) is 20.8 Å². The Morgan fingerprint density at radius 1 is 0.949 bits per heavy atom. The summed E-state index contributed by atoms with van der Waals surface area (Å²) in [6, 6.07) is 1.58. The van der Waals surface area contributed by atoms with Crippen molar-refractivity contribution in [1.29, 1.82) is 0 Å². The van der Waals surface area contributed by atoms with Gasteiger partial charge in [-0.05, 0) is 97.6 Å². The number of amides is 4. The molecule has 2 atom stereocenters. The van der Waals surface area contributed by atoms with E-state index in [2.05, 4.69) is 27.9 Å². The number of aryl methyl sites for hydroxylation is 1. The quantitative estimate of drug-likeness (QED) is 0.470. The van der Waals surface area contributed by atoms with Crippen LogP contribution in [0.5, 0.6) is 0 Å². The van der Waals surface area contributed by atoms with Gasteiger partial charge in [0.15, 0.2) is 0 Å². The molecule has 4 amide bonds. The maximum Gasteiger partial charge on any atom is 0.413 e. The molecule has 0 unspecified atom stereocenters. The fraction of sp³-hybridized carbons (Fsp3) is 0.679. The second kappa shape index (κ2) is 11.8. The van der Waals surface area contributed by atoms with Gasteiger partial charge in [0, 0.05) is 18.6 Å². The topological polar surface area (TPSA) is 139 Å². The number of hydrogen-bond acceptors (Lipinski definition) is 7. The van der Waals surface area contributed by atoms with Gasteiger partial charge in [-0.2, -0.15) is 0 Å². The van der Waals surface area contributed by atoms with Gasteiger partial charge in [0.2, 0.25) is 0 Å². The number of pyridine rings is 1. The van der Waals surface area contributed by atoms with Crippen LogP contribution in [0.15, 0.2) is 12.3 Å². The average Bonchev–Trinajstić information content (AvgIpc) is 2.75. The van der Waals surface area contributed by atoms with Gasteiger partial charge in [-0.15, -0.1) is 0 Å². The van der Waals surface area contributed by atoms with E-state index < -0.39 is 35.2 Å². The summed E-state index contributed by atoms with van der Waals surface area (Å²) in [6.07, 6.45) is 3.58. The number of nitrogens with zero attached hydrogens (tertiary/aromatic N) is 2. The number of aromatic nitrogens is 1. The summed E-state index contributed by atoms with van der Waals surface area (Å²) in [7, 11) is 0. The highest BCUT2D eigenvalue weighted by Crippen LogP contribution is 2.38. The van der Waals surface area contributed by atoms with E-state index in [1.165, 1.54) is 6.20 Å². The van der Waals surface area contributed by atoms with Crippen LogP contribution in [0.3, 0.4) is 0 Å². The van der Waals surface area contributed by atoms with Crippen molar-refractivity contribution in [1.82, 2.24) is 15.2 Å². The minimum absolute atomic E-state index is 0.00293. The first-order valence-corrected chi connectivity index (χ1v) is 13.6. The second-order valence-electron chi connectivity index (χ2n) is 12.8. The first kappa shape index (κ1) is 30.2. The zero-order valence-corrected chi connectivity index (χ0v) is 24.3. The lowest BCUT2D eigenvalue weighted by Gasteiger charge is -2.48. The van der Waals surface area contributed by atoms with Gasteiger partial charge in [0.1, 0.15) is 17.0 Å². The Balaban J connectivity index is 1.58. The van der Waals surface area contributed by atoms with Crippen molar-refractivity contribution in [2.75, 3.05) is 17.2 Å². The molecular formula is C28H43N5O6. The van der Waals surface area contributed by atoms with Crippen molar-refractivity contribution in [2.45, 2.75) is 104 Å². The minimum atomic E-state index is -0.731. The summed E-state index contributed by atoms with van der Waals surface area (Å²) in [6.45, 7) is 15.1. The first-order chi connectivity index (χ1) is 18.0. The molecule has 1 aromatic rings. The number of piperidine rings is 1. The van der Waals surface area contributed by atoms with Gasteiger partial charge in [-0.25, -0.2) is 14.6 Å². The highest BCUT2D eigenvalue weighted by Gasteiger charge is 2.43. The number of rotatable bonds is 4. The first-order valence-electron chi connectivity index (χ1n) is 13.6. The third kappa shape index (κ3) is 8.83. The molecule has 1 saturated heterocycles. The predicted molar refractivity (Wildman–Crippen MR) is 147 cm³/mol.